The minimum absolute atomic E-state index is 0.0526. The molecule has 1 aliphatic carbocycles. The summed E-state index contributed by atoms with van der Waals surface area (Å²) >= 11 is 0. The highest BCUT2D eigenvalue weighted by atomic mass is 16.2. The van der Waals surface area contributed by atoms with E-state index in [2.05, 4.69) is 15.1 Å². The number of piperazine rings is 1. The van der Waals surface area contributed by atoms with E-state index >= 15 is 0 Å². The maximum absolute atomic E-state index is 12.7. The van der Waals surface area contributed by atoms with Gasteiger partial charge in [0.1, 0.15) is 0 Å². The lowest BCUT2D eigenvalue weighted by molar-refractivity contribution is -0.126. The SMILES string of the molecule is O=C(C1=NN=C2CC=CC=C21)N1CCN2CCCC2C1. The van der Waals surface area contributed by atoms with Crippen molar-refractivity contribution in [3.8, 4) is 0 Å². The van der Waals surface area contributed by atoms with E-state index in [0.29, 0.717) is 11.8 Å². The molecule has 0 aromatic heterocycles. The normalized spacial score (nSPS) is 28.7. The molecule has 104 valence electrons. The molecule has 5 heteroatoms. The van der Waals surface area contributed by atoms with E-state index in [1.165, 1.54) is 19.4 Å². The molecule has 0 spiro atoms. The minimum Gasteiger partial charge on any atom is -0.334 e. The van der Waals surface area contributed by atoms with Gasteiger partial charge >= 0.3 is 0 Å². The first-order chi connectivity index (χ1) is 9.83. The van der Waals surface area contributed by atoms with Crippen molar-refractivity contribution in [1.82, 2.24) is 9.80 Å². The van der Waals surface area contributed by atoms with Gasteiger partial charge in [-0.15, -0.1) is 5.10 Å². The molecule has 2 saturated heterocycles. The standard InChI is InChI=1S/C15H18N4O/c20-15(14-12-5-1-2-6-13(12)16-17-14)19-9-8-18-7-3-4-11(18)10-19/h1-2,5,11H,3-4,6-10H2. The third-order valence-electron chi connectivity index (χ3n) is 4.62. The second-order valence-electron chi connectivity index (χ2n) is 5.79. The highest BCUT2D eigenvalue weighted by molar-refractivity contribution is 6.53. The summed E-state index contributed by atoms with van der Waals surface area (Å²) in [5.74, 6) is 0.0526. The van der Waals surface area contributed by atoms with Crippen molar-refractivity contribution in [1.29, 1.82) is 0 Å². The molecule has 1 unspecified atom stereocenters. The smallest absolute Gasteiger partial charge is 0.275 e. The molecule has 20 heavy (non-hydrogen) atoms. The Labute approximate surface area is 118 Å². The highest BCUT2D eigenvalue weighted by Gasteiger charge is 2.36. The Hall–Kier alpha value is -1.75. The van der Waals surface area contributed by atoms with Gasteiger partial charge in [-0.3, -0.25) is 9.69 Å². The molecule has 5 nitrogen and oxygen atoms in total. The fourth-order valence-electron chi connectivity index (χ4n) is 3.51. The number of nitrogens with zero attached hydrogens (tertiary/aromatic N) is 4. The molecule has 0 bridgehead atoms. The largest absolute Gasteiger partial charge is 0.334 e. The van der Waals surface area contributed by atoms with Gasteiger partial charge in [0.15, 0.2) is 5.71 Å². The Morgan fingerprint density at radius 1 is 1.25 bits per heavy atom. The molecule has 0 N–H and O–H groups in total. The van der Waals surface area contributed by atoms with Gasteiger partial charge in [0.05, 0.1) is 5.71 Å². The Morgan fingerprint density at radius 3 is 3.15 bits per heavy atom. The number of hydrogen-bond donors (Lipinski definition) is 0. The van der Waals surface area contributed by atoms with E-state index in [-0.39, 0.29) is 5.91 Å². The van der Waals surface area contributed by atoms with Gasteiger partial charge in [-0.1, -0.05) is 18.2 Å². The summed E-state index contributed by atoms with van der Waals surface area (Å²) in [5.41, 5.74) is 2.39. The molecular weight excluding hydrogens is 252 g/mol. The van der Waals surface area contributed by atoms with Crippen molar-refractivity contribution in [3.63, 3.8) is 0 Å². The van der Waals surface area contributed by atoms with Crippen LogP contribution in [0.2, 0.25) is 0 Å². The lowest BCUT2D eigenvalue weighted by Gasteiger charge is -2.37. The summed E-state index contributed by atoms with van der Waals surface area (Å²) in [6.07, 6.45) is 9.24. The number of carbonyl (C=O) groups excluding carboxylic acids is 1. The molecule has 3 heterocycles. The Kier molecular flexibility index (Phi) is 2.80. The van der Waals surface area contributed by atoms with Crippen LogP contribution in [0.4, 0.5) is 0 Å². The van der Waals surface area contributed by atoms with Crippen LogP contribution in [-0.2, 0) is 4.79 Å². The first-order valence-electron chi connectivity index (χ1n) is 7.38. The average Bonchev–Trinajstić information content (AvgIpc) is 3.12. The van der Waals surface area contributed by atoms with Gasteiger partial charge in [-0.2, -0.15) is 5.10 Å². The van der Waals surface area contributed by atoms with Gasteiger partial charge in [0, 0.05) is 37.7 Å². The van der Waals surface area contributed by atoms with Crippen LogP contribution in [0.15, 0.2) is 34.0 Å². The molecule has 3 aliphatic heterocycles. The second kappa shape index (κ2) is 4.66. The summed E-state index contributed by atoms with van der Waals surface area (Å²) < 4.78 is 0. The van der Waals surface area contributed by atoms with E-state index in [1.807, 2.05) is 23.1 Å². The highest BCUT2D eigenvalue weighted by Crippen LogP contribution is 2.24. The molecule has 0 aromatic rings. The average molecular weight is 270 g/mol. The van der Waals surface area contributed by atoms with Crippen LogP contribution in [0.5, 0.6) is 0 Å². The van der Waals surface area contributed by atoms with E-state index in [1.54, 1.807) is 0 Å². The first-order valence-corrected chi connectivity index (χ1v) is 7.38. The Morgan fingerprint density at radius 2 is 2.20 bits per heavy atom. The van der Waals surface area contributed by atoms with Crippen LogP contribution in [0.3, 0.4) is 0 Å². The van der Waals surface area contributed by atoms with Crippen molar-refractivity contribution in [3.05, 3.63) is 23.8 Å². The van der Waals surface area contributed by atoms with Crippen LogP contribution >= 0.6 is 0 Å². The number of fused-ring (bicyclic) bond motifs is 2. The Bertz CT molecular complexity index is 572. The minimum atomic E-state index is 0.0526. The van der Waals surface area contributed by atoms with Crippen molar-refractivity contribution < 1.29 is 4.79 Å². The summed E-state index contributed by atoms with van der Waals surface area (Å²) in [7, 11) is 0. The maximum atomic E-state index is 12.7. The van der Waals surface area contributed by atoms with Gasteiger partial charge in [0.2, 0.25) is 0 Å². The van der Waals surface area contributed by atoms with Crippen molar-refractivity contribution in [2.45, 2.75) is 25.3 Å². The number of amides is 1. The quantitative estimate of drug-likeness (QED) is 0.713. The van der Waals surface area contributed by atoms with E-state index in [0.717, 1.165) is 37.3 Å². The third kappa shape index (κ3) is 1.85. The number of hydrogen-bond acceptors (Lipinski definition) is 4. The van der Waals surface area contributed by atoms with Crippen LogP contribution in [0.25, 0.3) is 0 Å². The summed E-state index contributed by atoms with van der Waals surface area (Å²) in [6, 6.07) is 0.551. The van der Waals surface area contributed by atoms with E-state index in [9.17, 15) is 4.79 Å². The molecule has 0 aromatic carbocycles. The van der Waals surface area contributed by atoms with Crippen LogP contribution in [-0.4, -0.2) is 59.4 Å². The van der Waals surface area contributed by atoms with Crippen molar-refractivity contribution in [2.75, 3.05) is 26.2 Å². The third-order valence-corrected chi connectivity index (χ3v) is 4.62. The number of rotatable bonds is 1. The maximum Gasteiger partial charge on any atom is 0.275 e. The topological polar surface area (TPSA) is 48.3 Å². The van der Waals surface area contributed by atoms with Crippen molar-refractivity contribution in [2.24, 2.45) is 10.2 Å². The number of carbonyl (C=O) groups is 1. The van der Waals surface area contributed by atoms with Gasteiger partial charge in [0.25, 0.3) is 5.91 Å². The number of allylic oxidation sites excluding steroid dienone is 3. The van der Waals surface area contributed by atoms with Crippen LogP contribution in [0, 0.1) is 0 Å². The zero-order chi connectivity index (χ0) is 13.5. The molecular formula is C15H18N4O. The van der Waals surface area contributed by atoms with E-state index < -0.39 is 0 Å². The Balaban J connectivity index is 1.51. The monoisotopic (exact) mass is 270 g/mol. The second-order valence-corrected chi connectivity index (χ2v) is 5.79. The molecule has 1 amide bonds. The molecule has 1 atom stereocenters. The molecule has 0 saturated carbocycles. The fraction of sp³-hybridized carbons (Fsp3) is 0.533. The van der Waals surface area contributed by atoms with Gasteiger partial charge in [-0.05, 0) is 19.4 Å². The zero-order valence-electron chi connectivity index (χ0n) is 11.5. The molecule has 2 fully saturated rings. The van der Waals surface area contributed by atoms with Gasteiger partial charge < -0.3 is 4.90 Å². The lowest BCUT2D eigenvalue weighted by atomic mass is 9.98. The predicted molar refractivity (Wildman–Crippen MR) is 77.9 cm³/mol. The zero-order valence-corrected chi connectivity index (χ0v) is 11.5. The van der Waals surface area contributed by atoms with Gasteiger partial charge in [-0.25, -0.2) is 0 Å². The molecule has 4 rings (SSSR count). The fourth-order valence-corrected chi connectivity index (χ4v) is 3.51. The van der Waals surface area contributed by atoms with E-state index in [4.69, 9.17) is 0 Å². The summed E-state index contributed by atoms with van der Waals surface area (Å²) in [6.45, 7) is 3.84. The van der Waals surface area contributed by atoms with Crippen LogP contribution < -0.4 is 0 Å². The predicted octanol–water partition coefficient (Wildman–Crippen LogP) is 0.990. The molecule has 0 radical (unpaired) electrons. The van der Waals surface area contributed by atoms with Crippen LogP contribution in [0.1, 0.15) is 19.3 Å². The lowest BCUT2D eigenvalue weighted by Crippen LogP contribution is -2.53. The molecule has 4 aliphatic rings. The van der Waals surface area contributed by atoms with Crippen molar-refractivity contribution >= 4 is 17.3 Å². The first kappa shape index (κ1) is 12.0. The summed E-state index contributed by atoms with van der Waals surface area (Å²) in [4.78, 5) is 17.1. The summed E-state index contributed by atoms with van der Waals surface area (Å²) in [5, 5.41) is 8.28.